The van der Waals surface area contributed by atoms with E-state index in [-0.39, 0.29) is 12.0 Å². The number of ether oxygens (including phenoxy) is 1. The zero-order chi connectivity index (χ0) is 12.9. The summed E-state index contributed by atoms with van der Waals surface area (Å²) in [6, 6.07) is 0. The predicted octanol–water partition coefficient (Wildman–Crippen LogP) is 2.20. The van der Waals surface area contributed by atoms with E-state index in [1.807, 2.05) is 13.8 Å². The summed E-state index contributed by atoms with van der Waals surface area (Å²) in [5.74, 6) is -0.895. The SMILES string of the molecule is CCC(O)(CC)COC1CCC(C(=O)O)CC1. The van der Waals surface area contributed by atoms with Gasteiger partial charge in [0.25, 0.3) is 0 Å². The first-order valence-electron chi connectivity index (χ1n) is 6.57. The summed E-state index contributed by atoms with van der Waals surface area (Å²) in [7, 11) is 0. The van der Waals surface area contributed by atoms with Crippen LogP contribution in [0.25, 0.3) is 0 Å². The lowest BCUT2D eigenvalue weighted by molar-refractivity contribution is -0.144. The predicted molar refractivity (Wildman–Crippen MR) is 64.9 cm³/mol. The maximum absolute atomic E-state index is 10.8. The third kappa shape index (κ3) is 4.28. The lowest BCUT2D eigenvalue weighted by Crippen LogP contribution is -2.36. The highest BCUT2D eigenvalue weighted by molar-refractivity contribution is 5.70. The highest BCUT2D eigenvalue weighted by Gasteiger charge is 2.29. The third-order valence-electron chi connectivity index (χ3n) is 3.93. The van der Waals surface area contributed by atoms with Crippen molar-refractivity contribution in [1.82, 2.24) is 0 Å². The Hall–Kier alpha value is -0.610. The number of carboxylic acids is 1. The minimum Gasteiger partial charge on any atom is -0.481 e. The molecule has 0 radical (unpaired) electrons. The average molecular weight is 244 g/mol. The van der Waals surface area contributed by atoms with Crippen LogP contribution in [0.2, 0.25) is 0 Å². The van der Waals surface area contributed by atoms with E-state index in [0.717, 1.165) is 12.8 Å². The molecule has 0 amide bonds. The van der Waals surface area contributed by atoms with Gasteiger partial charge in [0, 0.05) is 0 Å². The van der Waals surface area contributed by atoms with Gasteiger partial charge in [-0.25, -0.2) is 0 Å². The van der Waals surface area contributed by atoms with Gasteiger partial charge in [-0.1, -0.05) is 13.8 Å². The van der Waals surface area contributed by atoms with Crippen LogP contribution >= 0.6 is 0 Å². The molecular weight excluding hydrogens is 220 g/mol. The van der Waals surface area contributed by atoms with E-state index < -0.39 is 11.6 Å². The molecule has 100 valence electrons. The zero-order valence-corrected chi connectivity index (χ0v) is 10.8. The molecule has 0 atom stereocenters. The van der Waals surface area contributed by atoms with E-state index in [2.05, 4.69) is 0 Å². The minimum absolute atomic E-state index is 0.121. The summed E-state index contributed by atoms with van der Waals surface area (Å²) in [6.45, 7) is 4.27. The lowest BCUT2D eigenvalue weighted by atomic mass is 9.87. The van der Waals surface area contributed by atoms with Crippen molar-refractivity contribution >= 4 is 5.97 Å². The van der Waals surface area contributed by atoms with Gasteiger partial charge in [0.2, 0.25) is 0 Å². The van der Waals surface area contributed by atoms with Gasteiger partial charge < -0.3 is 14.9 Å². The maximum Gasteiger partial charge on any atom is 0.306 e. The van der Waals surface area contributed by atoms with Crippen LogP contribution in [0.4, 0.5) is 0 Å². The van der Waals surface area contributed by atoms with Crippen molar-refractivity contribution < 1.29 is 19.7 Å². The molecule has 0 unspecified atom stereocenters. The Kier molecular flexibility index (Phi) is 5.40. The minimum atomic E-state index is -0.719. The van der Waals surface area contributed by atoms with Gasteiger partial charge in [-0.2, -0.15) is 0 Å². The lowest BCUT2D eigenvalue weighted by Gasteiger charge is -2.31. The van der Waals surface area contributed by atoms with Crippen molar-refractivity contribution in [1.29, 1.82) is 0 Å². The van der Waals surface area contributed by atoms with Gasteiger partial charge in [0.05, 0.1) is 24.2 Å². The van der Waals surface area contributed by atoms with E-state index in [0.29, 0.717) is 32.3 Å². The first-order valence-corrected chi connectivity index (χ1v) is 6.57. The second-order valence-electron chi connectivity index (χ2n) is 5.05. The number of rotatable bonds is 6. The van der Waals surface area contributed by atoms with Crippen LogP contribution < -0.4 is 0 Å². The van der Waals surface area contributed by atoms with Crippen molar-refractivity contribution in [3.63, 3.8) is 0 Å². The van der Waals surface area contributed by atoms with Gasteiger partial charge >= 0.3 is 5.97 Å². The Balaban J connectivity index is 2.29. The molecule has 1 aliphatic rings. The molecule has 1 fully saturated rings. The molecule has 0 spiro atoms. The Labute approximate surface area is 103 Å². The van der Waals surface area contributed by atoms with E-state index >= 15 is 0 Å². The Morgan fingerprint density at radius 1 is 1.24 bits per heavy atom. The molecule has 4 heteroatoms. The highest BCUT2D eigenvalue weighted by atomic mass is 16.5. The molecule has 0 bridgehead atoms. The monoisotopic (exact) mass is 244 g/mol. The third-order valence-corrected chi connectivity index (χ3v) is 3.93. The first-order chi connectivity index (χ1) is 8.00. The van der Waals surface area contributed by atoms with Crippen LogP contribution in [-0.4, -0.2) is 34.5 Å². The summed E-state index contributed by atoms with van der Waals surface area (Å²) < 4.78 is 5.72. The first kappa shape index (κ1) is 14.5. The number of hydrogen-bond acceptors (Lipinski definition) is 3. The number of aliphatic hydroxyl groups is 1. The van der Waals surface area contributed by atoms with E-state index in [1.165, 1.54) is 0 Å². The van der Waals surface area contributed by atoms with Crippen molar-refractivity contribution in [2.45, 2.75) is 64.1 Å². The summed E-state index contributed by atoms with van der Waals surface area (Å²) in [5.41, 5.74) is -0.719. The van der Waals surface area contributed by atoms with Crippen LogP contribution in [0, 0.1) is 5.92 Å². The molecule has 0 saturated heterocycles. The zero-order valence-electron chi connectivity index (χ0n) is 10.8. The molecular formula is C13H24O4. The largest absolute Gasteiger partial charge is 0.481 e. The number of hydrogen-bond donors (Lipinski definition) is 2. The molecule has 2 N–H and O–H groups in total. The van der Waals surface area contributed by atoms with Gasteiger partial charge in [-0.3, -0.25) is 4.79 Å². The Bertz CT molecular complexity index is 240. The number of carboxylic acid groups (broad SMARTS) is 1. The summed E-state index contributed by atoms with van der Waals surface area (Å²) in [5, 5.41) is 19.0. The fourth-order valence-corrected chi connectivity index (χ4v) is 2.20. The molecule has 1 saturated carbocycles. The highest BCUT2D eigenvalue weighted by Crippen LogP contribution is 2.27. The quantitative estimate of drug-likeness (QED) is 0.751. The van der Waals surface area contributed by atoms with Gasteiger partial charge in [0.15, 0.2) is 0 Å². The topological polar surface area (TPSA) is 66.8 Å². The number of carbonyl (C=O) groups is 1. The summed E-state index contributed by atoms with van der Waals surface area (Å²) in [4.78, 5) is 10.8. The van der Waals surface area contributed by atoms with Gasteiger partial charge in [-0.05, 0) is 38.5 Å². The van der Waals surface area contributed by atoms with Crippen molar-refractivity contribution in [3.8, 4) is 0 Å². The van der Waals surface area contributed by atoms with Crippen LogP contribution in [-0.2, 0) is 9.53 Å². The van der Waals surface area contributed by atoms with E-state index in [4.69, 9.17) is 9.84 Å². The summed E-state index contributed by atoms with van der Waals surface area (Å²) in [6.07, 6.45) is 4.46. The Morgan fingerprint density at radius 2 is 1.76 bits per heavy atom. The van der Waals surface area contributed by atoms with Gasteiger partial charge in [0.1, 0.15) is 0 Å². The molecule has 0 heterocycles. The molecule has 1 rings (SSSR count). The van der Waals surface area contributed by atoms with Crippen LogP contribution in [0.1, 0.15) is 52.4 Å². The standard InChI is InChI=1S/C13H24O4/c1-3-13(16,4-2)9-17-11-7-5-10(6-8-11)12(14)15/h10-11,16H,3-9H2,1-2H3,(H,14,15). The number of aliphatic carboxylic acids is 1. The van der Waals surface area contributed by atoms with Crippen molar-refractivity contribution in [3.05, 3.63) is 0 Å². The average Bonchev–Trinajstić information content (AvgIpc) is 2.36. The second kappa shape index (κ2) is 6.36. The van der Waals surface area contributed by atoms with Crippen LogP contribution in [0.15, 0.2) is 0 Å². The summed E-state index contributed by atoms with van der Waals surface area (Å²) >= 11 is 0. The van der Waals surface area contributed by atoms with E-state index in [9.17, 15) is 9.90 Å². The molecule has 4 nitrogen and oxygen atoms in total. The fraction of sp³-hybridized carbons (Fsp3) is 0.923. The molecule has 0 aromatic rings. The van der Waals surface area contributed by atoms with Gasteiger partial charge in [-0.15, -0.1) is 0 Å². The molecule has 0 aliphatic heterocycles. The fourth-order valence-electron chi connectivity index (χ4n) is 2.20. The van der Waals surface area contributed by atoms with Crippen LogP contribution in [0.5, 0.6) is 0 Å². The molecule has 0 aromatic heterocycles. The smallest absolute Gasteiger partial charge is 0.306 e. The molecule has 17 heavy (non-hydrogen) atoms. The second-order valence-corrected chi connectivity index (χ2v) is 5.05. The van der Waals surface area contributed by atoms with Crippen LogP contribution in [0.3, 0.4) is 0 Å². The van der Waals surface area contributed by atoms with Crippen molar-refractivity contribution in [2.75, 3.05) is 6.61 Å². The normalized spacial score (nSPS) is 25.8. The van der Waals surface area contributed by atoms with Crippen molar-refractivity contribution in [2.24, 2.45) is 5.92 Å². The Morgan fingerprint density at radius 3 is 2.18 bits per heavy atom. The molecule has 1 aliphatic carbocycles. The molecule has 0 aromatic carbocycles. The maximum atomic E-state index is 10.8. The van der Waals surface area contributed by atoms with E-state index in [1.54, 1.807) is 0 Å².